The first-order chi connectivity index (χ1) is 7.00. The number of hydrogen-bond donors (Lipinski definition) is 1. The zero-order valence-electron chi connectivity index (χ0n) is 8.68. The summed E-state index contributed by atoms with van der Waals surface area (Å²) in [5, 5.41) is 3.31. The van der Waals surface area contributed by atoms with Gasteiger partial charge in [0, 0.05) is 22.5 Å². The van der Waals surface area contributed by atoms with E-state index in [4.69, 9.17) is 23.2 Å². The number of nitrogens with one attached hydrogen (secondary N) is 1. The summed E-state index contributed by atoms with van der Waals surface area (Å²) in [6, 6.07) is 5.18. The van der Waals surface area contributed by atoms with Gasteiger partial charge in [0.15, 0.2) is 0 Å². The summed E-state index contributed by atoms with van der Waals surface area (Å²) in [6.45, 7) is 4.14. The fourth-order valence-electron chi connectivity index (χ4n) is 1.21. The van der Waals surface area contributed by atoms with E-state index in [0.29, 0.717) is 17.1 Å². The summed E-state index contributed by atoms with van der Waals surface area (Å²) < 4.78 is 0. The molecule has 1 atom stereocenters. The van der Waals surface area contributed by atoms with E-state index in [1.165, 1.54) is 0 Å². The standard InChI is InChI=1S/C11H13Cl2NO/c1-7-5-9(13)3-4-10(7)11(15)14-6-8(2)12/h3-5,8H,6H2,1-2H3,(H,14,15). The van der Waals surface area contributed by atoms with E-state index in [0.717, 1.165) is 5.56 Å². The van der Waals surface area contributed by atoms with Crippen LogP contribution in [0, 0.1) is 6.92 Å². The molecule has 0 spiro atoms. The molecule has 0 aliphatic rings. The smallest absolute Gasteiger partial charge is 0.251 e. The Bertz CT molecular complexity index is 364. The molecule has 1 aromatic carbocycles. The van der Waals surface area contributed by atoms with Gasteiger partial charge in [-0.3, -0.25) is 4.79 Å². The average Bonchev–Trinajstić information content (AvgIpc) is 2.14. The number of rotatable bonds is 3. The predicted molar refractivity (Wildman–Crippen MR) is 63.8 cm³/mol. The van der Waals surface area contributed by atoms with Crippen molar-refractivity contribution in [3.63, 3.8) is 0 Å². The van der Waals surface area contributed by atoms with Crippen molar-refractivity contribution in [3.8, 4) is 0 Å². The van der Waals surface area contributed by atoms with Gasteiger partial charge in [0.05, 0.1) is 0 Å². The normalized spacial score (nSPS) is 12.3. The Morgan fingerprint density at radius 3 is 2.73 bits per heavy atom. The van der Waals surface area contributed by atoms with E-state index in [1.54, 1.807) is 18.2 Å². The number of aryl methyl sites for hydroxylation is 1. The molecule has 1 aromatic rings. The lowest BCUT2D eigenvalue weighted by Gasteiger charge is -2.08. The molecule has 4 heteroatoms. The van der Waals surface area contributed by atoms with Crippen molar-refractivity contribution >= 4 is 29.1 Å². The SMILES string of the molecule is Cc1cc(Cl)ccc1C(=O)NCC(C)Cl. The fraction of sp³-hybridized carbons (Fsp3) is 0.364. The van der Waals surface area contributed by atoms with E-state index < -0.39 is 0 Å². The van der Waals surface area contributed by atoms with Crippen LogP contribution in [0.3, 0.4) is 0 Å². The molecular weight excluding hydrogens is 233 g/mol. The van der Waals surface area contributed by atoms with Gasteiger partial charge in [0.2, 0.25) is 0 Å². The molecule has 82 valence electrons. The molecule has 0 aliphatic carbocycles. The first-order valence-corrected chi connectivity index (χ1v) is 5.50. The number of alkyl halides is 1. The van der Waals surface area contributed by atoms with E-state index in [-0.39, 0.29) is 11.3 Å². The highest BCUT2D eigenvalue weighted by Crippen LogP contribution is 2.14. The minimum atomic E-state index is -0.114. The third kappa shape index (κ3) is 3.73. The minimum absolute atomic E-state index is 0.0680. The molecule has 0 saturated heterocycles. The maximum absolute atomic E-state index is 11.7. The molecule has 0 bridgehead atoms. The number of halogens is 2. The van der Waals surface area contributed by atoms with Crippen LogP contribution in [-0.2, 0) is 0 Å². The Hall–Kier alpha value is -0.730. The third-order valence-electron chi connectivity index (χ3n) is 1.98. The molecule has 15 heavy (non-hydrogen) atoms. The third-order valence-corrected chi connectivity index (χ3v) is 2.37. The summed E-state index contributed by atoms with van der Waals surface area (Å²) in [4.78, 5) is 11.7. The van der Waals surface area contributed by atoms with E-state index in [9.17, 15) is 4.79 Å². The number of carbonyl (C=O) groups excluding carboxylic acids is 1. The van der Waals surface area contributed by atoms with Gasteiger partial charge < -0.3 is 5.32 Å². The molecular formula is C11H13Cl2NO. The largest absolute Gasteiger partial charge is 0.351 e. The second-order valence-corrected chi connectivity index (χ2v) is 4.63. The Balaban J connectivity index is 2.74. The monoisotopic (exact) mass is 245 g/mol. The molecule has 1 amide bonds. The number of amides is 1. The summed E-state index contributed by atoms with van der Waals surface area (Å²) in [7, 11) is 0. The molecule has 1 unspecified atom stereocenters. The van der Waals surface area contributed by atoms with Crippen molar-refractivity contribution in [2.75, 3.05) is 6.54 Å². The minimum Gasteiger partial charge on any atom is -0.351 e. The Morgan fingerprint density at radius 2 is 2.20 bits per heavy atom. The van der Waals surface area contributed by atoms with Gasteiger partial charge in [-0.05, 0) is 37.6 Å². The van der Waals surface area contributed by atoms with Gasteiger partial charge in [0.1, 0.15) is 0 Å². The summed E-state index contributed by atoms with van der Waals surface area (Å²) in [5.41, 5.74) is 1.50. The topological polar surface area (TPSA) is 29.1 Å². The average molecular weight is 246 g/mol. The highest BCUT2D eigenvalue weighted by molar-refractivity contribution is 6.30. The van der Waals surface area contributed by atoms with Crippen LogP contribution in [0.4, 0.5) is 0 Å². The molecule has 1 N–H and O–H groups in total. The van der Waals surface area contributed by atoms with Gasteiger partial charge in [-0.2, -0.15) is 0 Å². The van der Waals surface area contributed by atoms with Gasteiger partial charge in [0.25, 0.3) is 5.91 Å². The van der Waals surface area contributed by atoms with Crippen molar-refractivity contribution < 1.29 is 4.79 Å². The first-order valence-electron chi connectivity index (χ1n) is 4.69. The lowest BCUT2D eigenvalue weighted by Crippen LogP contribution is -2.29. The molecule has 0 aromatic heterocycles. The van der Waals surface area contributed by atoms with Crippen LogP contribution in [0.25, 0.3) is 0 Å². The molecule has 0 aliphatic heterocycles. The number of benzene rings is 1. The number of hydrogen-bond acceptors (Lipinski definition) is 1. The van der Waals surface area contributed by atoms with Crippen molar-refractivity contribution in [3.05, 3.63) is 34.3 Å². The van der Waals surface area contributed by atoms with Gasteiger partial charge in [-0.1, -0.05) is 11.6 Å². The molecule has 0 radical (unpaired) electrons. The molecule has 2 nitrogen and oxygen atoms in total. The Kier molecular flexibility index (Phi) is 4.43. The molecule has 0 heterocycles. The van der Waals surface area contributed by atoms with Crippen molar-refractivity contribution in [1.29, 1.82) is 0 Å². The van der Waals surface area contributed by atoms with Crippen LogP contribution in [0.2, 0.25) is 5.02 Å². The van der Waals surface area contributed by atoms with Gasteiger partial charge in [-0.25, -0.2) is 0 Å². The molecule has 0 saturated carbocycles. The zero-order valence-corrected chi connectivity index (χ0v) is 10.2. The second-order valence-electron chi connectivity index (χ2n) is 3.45. The lowest BCUT2D eigenvalue weighted by atomic mass is 10.1. The summed E-state index contributed by atoms with van der Waals surface area (Å²) in [6.07, 6.45) is 0. The van der Waals surface area contributed by atoms with Crippen LogP contribution in [0.15, 0.2) is 18.2 Å². The molecule has 0 fully saturated rings. The van der Waals surface area contributed by atoms with Crippen LogP contribution < -0.4 is 5.32 Å². The zero-order chi connectivity index (χ0) is 11.4. The van der Waals surface area contributed by atoms with Crippen molar-refractivity contribution in [2.45, 2.75) is 19.2 Å². The highest BCUT2D eigenvalue weighted by atomic mass is 35.5. The lowest BCUT2D eigenvalue weighted by molar-refractivity contribution is 0.0953. The quantitative estimate of drug-likeness (QED) is 0.816. The predicted octanol–water partition coefficient (Wildman–Crippen LogP) is 3.01. The first kappa shape index (κ1) is 12.3. The highest BCUT2D eigenvalue weighted by Gasteiger charge is 2.09. The second kappa shape index (κ2) is 5.38. The van der Waals surface area contributed by atoms with Crippen LogP contribution in [-0.4, -0.2) is 17.8 Å². The van der Waals surface area contributed by atoms with Crippen LogP contribution in [0.5, 0.6) is 0 Å². The maximum Gasteiger partial charge on any atom is 0.251 e. The van der Waals surface area contributed by atoms with Crippen molar-refractivity contribution in [1.82, 2.24) is 5.32 Å². The summed E-state index contributed by atoms with van der Waals surface area (Å²) in [5.74, 6) is -0.114. The van der Waals surface area contributed by atoms with Crippen LogP contribution >= 0.6 is 23.2 Å². The van der Waals surface area contributed by atoms with E-state index in [2.05, 4.69) is 5.32 Å². The Morgan fingerprint density at radius 1 is 1.53 bits per heavy atom. The van der Waals surface area contributed by atoms with E-state index >= 15 is 0 Å². The van der Waals surface area contributed by atoms with Crippen LogP contribution in [0.1, 0.15) is 22.8 Å². The number of carbonyl (C=O) groups is 1. The fourth-order valence-corrected chi connectivity index (χ4v) is 1.51. The maximum atomic E-state index is 11.7. The van der Waals surface area contributed by atoms with Gasteiger partial charge >= 0.3 is 0 Å². The summed E-state index contributed by atoms with van der Waals surface area (Å²) >= 11 is 11.5. The van der Waals surface area contributed by atoms with Crippen molar-refractivity contribution in [2.24, 2.45) is 0 Å². The molecule has 1 rings (SSSR count). The Labute approximate surface area is 99.6 Å². The van der Waals surface area contributed by atoms with Gasteiger partial charge in [-0.15, -0.1) is 11.6 Å². The van der Waals surface area contributed by atoms with E-state index in [1.807, 2.05) is 13.8 Å².